The van der Waals surface area contributed by atoms with Gasteiger partial charge >= 0.3 is 0 Å². The van der Waals surface area contributed by atoms with E-state index in [0.29, 0.717) is 25.5 Å². The predicted molar refractivity (Wildman–Crippen MR) is 66.2 cm³/mol. The second-order valence-electron chi connectivity index (χ2n) is 5.09. The van der Waals surface area contributed by atoms with E-state index in [4.69, 9.17) is 10.5 Å². The number of amides is 1. The maximum atomic E-state index is 11.6. The molecule has 0 spiro atoms. The Balaban J connectivity index is 3.81. The van der Waals surface area contributed by atoms with Gasteiger partial charge in [0.25, 0.3) is 0 Å². The fourth-order valence-electron chi connectivity index (χ4n) is 1.64. The number of carbonyl (C=O) groups excluding carboxylic acids is 1. The molecule has 0 saturated heterocycles. The van der Waals surface area contributed by atoms with Crippen molar-refractivity contribution in [3.63, 3.8) is 0 Å². The third-order valence-corrected chi connectivity index (χ3v) is 2.51. The second-order valence-corrected chi connectivity index (χ2v) is 5.09. The highest BCUT2D eigenvalue weighted by Gasteiger charge is 2.20. The highest BCUT2D eigenvalue weighted by Crippen LogP contribution is 2.10. The zero-order valence-corrected chi connectivity index (χ0v) is 11.0. The number of methoxy groups -OCH3 is 1. The van der Waals surface area contributed by atoms with Gasteiger partial charge in [-0.25, -0.2) is 0 Å². The molecule has 1 amide bonds. The Morgan fingerprint density at radius 2 is 2.06 bits per heavy atom. The van der Waals surface area contributed by atoms with Crippen LogP contribution in [0.25, 0.3) is 0 Å². The van der Waals surface area contributed by atoms with E-state index < -0.39 is 0 Å². The SMILES string of the molecule is COCC(C)(C)NC(=O)CCC(C)CCN. The van der Waals surface area contributed by atoms with Crippen molar-refractivity contribution in [3.05, 3.63) is 0 Å². The Morgan fingerprint density at radius 3 is 2.56 bits per heavy atom. The first kappa shape index (κ1) is 15.4. The fraction of sp³-hybridized carbons (Fsp3) is 0.917. The van der Waals surface area contributed by atoms with Crippen LogP contribution in [0.5, 0.6) is 0 Å². The molecule has 0 radical (unpaired) electrons. The van der Waals surface area contributed by atoms with E-state index in [0.717, 1.165) is 12.8 Å². The van der Waals surface area contributed by atoms with Crippen LogP contribution in [0, 0.1) is 5.92 Å². The summed E-state index contributed by atoms with van der Waals surface area (Å²) in [7, 11) is 1.64. The Hall–Kier alpha value is -0.610. The monoisotopic (exact) mass is 230 g/mol. The molecule has 1 atom stereocenters. The van der Waals surface area contributed by atoms with Crippen molar-refractivity contribution in [2.45, 2.75) is 45.6 Å². The second kappa shape index (κ2) is 7.63. The van der Waals surface area contributed by atoms with Gasteiger partial charge in [0, 0.05) is 13.5 Å². The average Bonchev–Trinajstić information content (AvgIpc) is 2.14. The molecule has 96 valence electrons. The molecule has 4 heteroatoms. The lowest BCUT2D eigenvalue weighted by Gasteiger charge is -2.25. The van der Waals surface area contributed by atoms with Gasteiger partial charge in [0.05, 0.1) is 12.1 Å². The maximum Gasteiger partial charge on any atom is 0.220 e. The van der Waals surface area contributed by atoms with Gasteiger partial charge in [0.1, 0.15) is 0 Å². The normalized spacial score (nSPS) is 13.6. The summed E-state index contributed by atoms with van der Waals surface area (Å²) in [5.41, 5.74) is 5.17. The third kappa shape index (κ3) is 7.65. The molecule has 16 heavy (non-hydrogen) atoms. The molecule has 0 bridgehead atoms. The molecule has 0 aromatic rings. The number of carbonyl (C=O) groups is 1. The lowest BCUT2D eigenvalue weighted by molar-refractivity contribution is -0.123. The summed E-state index contributed by atoms with van der Waals surface area (Å²) in [6, 6.07) is 0. The van der Waals surface area contributed by atoms with Crippen molar-refractivity contribution in [1.29, 1.82) is 0 Å². The maximum absolute atomic E-state index is 11.6. The van der Waals surface area contributed by atoms with Crippen molar-refractivity contribution in [2.24, 2.45) is 11.7 Å². The molecule has 0 heterocycles. The minimum Gasteiger partial charge on any atom is -0.382 e. The van der Waals surface area contributed by atoms with Gasteiger partial charge in [-0.3, -0.25) is 4.79 Å². The minimum atomic E-state index is -0.289. The van der Waals surface area contributed by atoms with Crippen LogP contribution in [0.3, 0.4) is 0 Å². The van der Waals surface area contributed by atoms with E-state index in [1.54, 1.807) is 7.11 Å². The van der Waals surface area contributed by atoms with Crippen LogP contribution < -0.4 is 11.1 Å². The average molecular weight is 230 g/mol. The zero-order valence-electron chi connectivity index (χ0n) is 11.0. The molecule has 0 aliphatic carbocycles. The van der Waals surface area contributed by atoms with E-state index in [2.05, 4.69) is 12.2 Å². The molecule has 4 nitrogen and oxygen atoms in total. The molecule has 0 aromatic heterocycles. The van der Waals surface area contributed by atoms with Gasteiger partial charge in [0.2, 0.25) is 5.91 Å². The topological polar surface area (TPSA) is 64.3 Å². The summed E-state index contributed by atoms with van der Waals surface area (Å²) in [5.74, 6) is 0.604. The molecule has 0 aliphatic rings. The van der Waals surface area contributed by atoms with Gasteiger partial charge < -0.3 is 15.8 Å². The van der Waals surface area contributed by atoms with Crippen LogP contribution in [0.15, 0.2) is 0 Å². The lowest BCUT2D eigenvalue weighted by atomic mass is 10.0. The predicted octanol–water partition coefficient (Wildman–Crippen LogP) is 1.29. The smallest absolute Gasteiger partial charge is 0.220 e. The van der Waals surface area contributed by atoms with E-state index in [-0.39, 0.29) is 11.4 Å². The summed E-state index contributed by atoms with van der Waals surface area (Å²) in [5, 5.41) is 2.96. The summed E-state index contributed by atoms with van der Waals surface area (Å²) in [4.78, 5) is 11.6. The summed E-state index contributed by atoms with van der Waals surface area (Å²) >= 11 is 0. The molecular weight excluding hydrogens is 204 g/mol. The Kier molecular flexibility index (Phi) is 7.34. The largest absolute Gasteiger partial charge is 0.382 e. The number of ether oxygens (including phenoxy) is 1. The first-order valence-corrected chi connectivity index (χ1v) is 5.91. The van der Waals surface area contributed by atoms with E-state index in [1.807, 2.05) is 13.8 Å². The van der Waals surface area contributed by atoms with Crippen LogP contribution >= 0.6 is 0 Å². The minimum absolute atomic E-state index is 0.0888. The van der Waals surface area contributed by atoms with Crippen LogP contribution in [0.1, 0.15) is 40.0 Å². The molecule has 0 saturated carbocycles. The van der Waals surface area contributed by atoms with Gasteiger partial charge in [0.15, 0.2) is 0 Å². The van der Waals surface area contributed by atoms with Gasteiger partial charge in [-0.05, 0) is 39.2 Å². The van der Waals surface area contributed by atoms with E-state index >= 15 is 0 Å². The summed E-state index contributed by atoms with van der Waals surface area (Å²) < 4.78 is 5.04. The zero-order chi connectivity index (χ0) is 12.6. The Morgan fingerprint density at radius 1 is 1.44 bits per heavy atom. The number of nitrogens with one attached hydrogen (secondary N) is 1. The molecule has 0 rings (SSSR count). The fourth-order valence-corrected chi connectivity index (χ4v) is 1.64. The Labute approximate surface area is 98.9 Å². The van der Waals surface area contributed by atoms with Crippen molar-refractivity contribution < 1.29 is 9.53 Å². The van der Waals surface area contributed by atoms with Gasteiger partial charge in [-0.2, -0.15) is 0 Å². The van der Waals surface area contributed by atoms with Crippen molar-refractivity contribution >= 4 is 5.91 Å². The number of hydrogen-bond acceptors (Lipinski definition) is 3. The molecule has 1 unspecified atom stereocenters. The van der Waals surface area contributed by atoms with Crippen LogP contribution in [0.2, 0.25) is 0 Å². The van der Waals surface area contributed by atoms with E-state index in [1.165, 1.54) is 0 Å². The molecule has 0 fully saturated rings. The number of hydrogen-bond donors (Lipinski definition) is 2. The number of nitrogens with two attached hydrogens (primary N) is 1. The quantitative estimate of drug-likeness (QED) is 0.660. The first-order valence-electron chi connectivity index (χ1n) is 5.91. The van der Waals surface area contributed by atoms with Gasteiger partial charge in [-0.15, -0.1) is 0 Å². The van der Waals surface area contributed by atoms with Gasteiger partial charge in [-0.1, -0.05) is 6.92 Å². The highest BCUT2D eigenvalue weighted by atomic mass is 16.5. The molecule has 0 aliphatic heterocycles. The lowest BCUT2D eigenvalue weighted by Crippen LogP contribution is -2.46. The van der Waals surface area contributed by atoms with Crippen LogP contribution in [-0.2, 0) is 9.53 Å². The summed E-state index contributed by atoms with van der Waals surface area (Å²) in [6.45, 7) is 7.25. The first-order chi connectivity index (χ1) is 7.41. The molecule has 0 aromatic carbocycles. The van der Waals surface area contributed by atoms with Crippen molar-refractivity contribution in [2.75, 3.05) is 20.3 Å². The van der Waals surface area contributed by atoms with Crippen molar-refractivity contribution in [1.82, 2.24) is 5.32 Å². The van der Waals surface area contributed by atoms with Crippen LogP contribution in [0.4, 0.5) is 0 Å². The third-order valence-electron chi connectivity index (χ3n) is 2.51. The summed E-state index contributed by atoms with van der Waals surface area (Å²) in [6.07, 6.45) is 2.44. The van der Waals surface area contributed by atoms with Crippen molar-refractivity contribution in [3.8, 4) is 0 Å². The Bertz CT molecular complexity index is 205. The number of rotatable bonds is 8. The molecule has 3 N–H and O–H groups in total. The van der Waals surface area contributed by atoms with E-state index in [9.17, 15) is 4.79 Å². The highest BCUT2D eigenvalue weighted by molar-refractivity contribution is 5.76. The standard InChI is InChI=1S/C12H26N2O2/c1-10(7-8-13)5-6-11(15)14-12(2,3)9-16-4/h10H,5-9,13H2,1-4H3,(H,14,15). The molecular formula is C12H26N2O2. The van der Waals surface area contributed by atoms with Crippen LogP contribution in [-0.4, -0.2) is 31.7 Å².